The number of aryl methyl sites for hydroxylation is 3. The van der Waals surface area contributed by atoms with Gasteiger partial charge in [0.15, 0.2) is 0 Å². The highest BCUT2D eigenvalue weighted by Crippen LogP contribution is 2.37. The van der Waals surface area contributed by atoms with Crippen molar-refractivity contribution in [1.29, 1.82) is 0 Å². The summed E-state index contributed by atoms with van der Waals surface area (Å²) in [5.74, 6) is -0.602. The van der Waals surface area contributed by atoms with Gasteiger partial charge in [-0.3, -0.25) is 9.59 Å². The predicted molar refractivity (Wildman–Crippen MR) is 162 cm³/mol. The van der Waals surface area contributed by atoms with Crippen LogP contribution < -0.4 is 10.6 Å². The van der Waals surface area contributed by atoms with E-state index in [9.17, 15) is 14.4 Å². The highest BCUT2D eigenvalue weighted by Gasteiger charge is 2.44. The molecule has 1 aliphatic carbocycles. The van der Waals surface area contributed by atoms with E-state index in [0.29, 0.717) is 5.69 Å². The molecule has 0 spiro atoms. The Labute approximate surface area is 243 Å². The Morgan fingerprint density at radius 2 is 1.56 bits per heavy atom. The number of carbonyl (C=O) groups excluding carboxylic acids is 3. The van der Waals surface area contributed by atoms with E-state index in [1.165, 1.54) is 0 Å². The van der Waals surface area contributed by atoms with Crippen molar-refractivity contribution in [2.75, 3.05) is 5.32 Å². The number of benzene rings is 3. The van der Waals surface area contributed by atoms with E-state index in [2.05, 4.69) is 10.6 Å². The normalized spacial score (nSPS) is 14.5. The second-order valence-corrected chi connectivity index (χ2v) is 11.9. The zero-order valence-electron chi connectivity index (χ0n) is 24.9. The third-order valence-electron chi connectivity index (χ3n) is 7.12. The van der Waals surface area contributed by atoms with E-state index in [0.717, 1.165) is 40.7 Å². The number of nitrogens with one attached hydrogen (secondary N) is 2. The molecule has 3 aromatic carbocycles. The Hall–Kier alpha value is -4.13. The third kappa shape index (κ3) is 7.97. The van der Waals surface area contributed by atoms with E-state index >= 15 is 0 Å². The third-order valence-corrected chi connectivity index (χ3v) is 7.12. The van der Waals surface area contributed by atoms with Crippen molar-refractivity contribution < 1.29 is 19.1 Å². The number of rotatable bonds is 9. The van der Waals surface area contributed by atoms with Crippen LogP contribution in [0.2, 0.25) is 0 Å². The summed E-state index contributed by atoms with van der Waals surface area (Å²) in [6.45, 7) is 11.2. The summed E-state index contributed by atoms with van der Waals surface area (Å²) in [6.07, 6.45) is 1.17. The first-order chi connectivity index (χ1) is 19.4. The Bertz CT molecular complexity index is 1390. The van der Waals surface area contributed by atoms with Crippen LogP contribution in [0.15, 0.2) is 72.8 Å². The monoisotopic (exact) mass is 555 g/mol. The van der Waals surface area contributed by atoms with Crippen molar-refractivity contribution in [1.82, 2.24) is 10.2 Å². The Morgan fingerprint density at radius 3 is 2.17 bits per heavy atom. The zero-order chi connectivity index (χ0) is 29.7. The summed E-state index contributed by atoms with van der Waals surface area (Å²) in [5, 5.41) is 5.91. The van der Waals surface area contributed by atoms with E-state index < -0.39 is 23.8 Å². The molecule has 2 N–H and O–H groups in total. The van der Waals surface area contributed by atoms with Crippen LogP contribution in [0.5, 0.6) is 0 Å². The van der Waals surface area contributed by atoms with Crippen molar-refractivity contribution in [2.24, 2.45) is 0 Å². The number of anilines is 1. The average Bonchev–Trinajstić information content (AvgIpc) is 3.73. The molecule has 0 radical (unpaired) electrons. The molecule has 3 amide bonds. The van der Waals surface area contributed by atoms with Crippen LogP contribution >= 0.6 is 0 Å². The number of hydrogen-bond donors (Lipinski definition) is 2. The SMILES string of the molecule is Cc1ccc(C(C(=O)Nc2ccccc2C)N(C(=O)C(Cc2ccccc2)NC(=O)OC(C)(C)C)C2CC2)c(C)c1. The quantitative estimate of drug-likeness (QED) is 0.319. The van der Waals surface area contributed by atoms with Crippen LogP contribution in [0.25, 0.3) is 0 Å². The number of ether oxygens (including phenoxy) is 1. The van der Waals surface area contributed by atoms with Crippen LogP contribution in [-0.2, 0) is 20.7 Å². The maximum absolute atomic E-state index is 14.5. The fourth-order valence-electron chi connectivity index (χ4n) is 5.01. The van der Waals surface area contributed by atoms with Crippen LogP contribution in [0.1, 0.15) is 67.5 Å². The van der Waals surface area contributed by atoms with Crippen LogP contribution in [0, 0.1) is 20.8 Å². The Balaban J connectivity index is 1.75. The summed E-state index contributed by atoms with van der Waals surface area (Å²) < 4.78 is 5.53. The first-order valence-electron chi connectivity index (χ1n) is 14.2. The van der Waals surface area contributed by atoms with Crippen LogP contribution in [0.3, 0.4) is 0 Å². The van der Waals surface area contributed by atoms with E-state index in [-0.39, 0.29) is 24.3 Å². The van der Waals surface area contributed by atoms with Crippen molar-refractivity contribution in [2.45, 2.75) is 84.5 Å². The molecule has 1 aliphatic rings. The molecule has 216 valence electrons. The highest BCUT2D eigenvalue weighted by molar-refractivity contribution is 6.00. The first kappa shape index (κ1) is 29.8. The molecule has 2 unspecified atom stereocenters. The van der Waals surface area contributed by atoms with Gasteiger partial charge in [0, 0.05) is 18.2 Å². The van der Waals surface area contributed by atoms with Gasteiger partial charge in [-0.25, -0.2) is 4.79 Å². The molecule has 0 aromatic heterocycles. The summed E-state index contributed by atoms with van der Waals surface area (Å²) in [4.78, 5) is 43.3. The minimum Gasteiger partial charge on any atom is -0.444 e. The average molecular weight is 556 g/mol. The summed E-state index contributed by atoms with van der Waals surface area (Å²) in [7, 11) is 0. The lowest BCUT2D eigenvalue weighted by Crippen LogP contribution is -2.54. The molecule has 0 saturated heterocycles. The van der Waals surface area contributed by atoms with Gasteiger partial charge in [-0.1, -0.05) is 72.3 Å². The predicted octanol–water partition coefficient (Wildman–Crippen LogP) is 6.42. The number of alkyl carbamates (subject to hydrolysis) is 1. The van der Waals surface area contributed by atoms with Crippen molar-refractivity contribution in [3.05, 3.63) is 101 Å². The van der Waals surface area contributed by atoms with E-state index in [1.54, 1.807) is 25.7 Å². The van der Waals surface area contributed by atoms with Crippen molar-refractivity contribution in [3.8, 4) is 0 Å². The van der Waals surface area contributed by atoms with Gasteiger partial charge in [0.05, 0.1) is 0 Å². The maximum atomic E-state index is 14.5. The Kier molecular flexibility index (Phi) is 9.16. The second-order valence-electron chi connectivity index (χ2n) is 11.9. The Morgan fingerprint density at radius 1 is 0.902 bits per heavy atom. The molecular weight excluding hydrogens is 514 g/mol. The van der Waals surface area contributed by atoms with Crippen molar-refractivity contribution in [3.63, 3.8) is 0 Å². The molecule has 2 atom stereocenters. The maximum Gasteiger partial charge on any atom is 0.408 e. The molecule has 4 rings (SSSR count). The first-order valence-corrected chi connectivity index (χ1v) is 14.2. The molecule has 7 heteroatoms. The topological polar surface area (TPSA) is 87.7 Å². The molecule has 0 heterocycles. The number of carbonyl (C=O) groups is 3. The molecule has 1 saturated carbocycles. The standard InChI is InChI=1S/C34H41N3O4/c1-22-16-19-27(24(3)20-22)30(31(38)35-28-15-11-10-12-23(28)2)37(26-17-18-26)32(39)29(21-25-13-8-7-9-14-25)36-33(40)41-34(4,5)6/h7-16,19-20,26,29-30H,17-18,21H2,1-6H3,(H,35,38)(H,36,40). The highest BCUT2D eigenvalue weighted by atomic mass is 16.6. The summed E-state index contributed by atoms with van der Waals surface area (Å²) >= 11 is 0. The smallest absolute Gasteiger partial charge is 0.408 e. The van der Waals surface area contributed by atoms with Gasteiger partial charge in [0.25, 0.3) is 5.91 Å². The number of para-hydroxylation sites is 1. The van der Waals surface area contributed by atoms with E-state index in [4.69, 9.17) is 4.74 Å². The molecule has 41 heavy (non-hydrogen) atoms. The molecule has 0 bridgehead atoms. The molecular formula is C34H41N3O4. The lowest BCUT2D eigenvalue weighted by atomic mass is 9.95. The number of amides is 3. The van der Waals surface area contributed by atoms with Gasteiger partial charge in [0.1, 0.15) is 17.7 Å². The largest absolute Gasteiger partial charge is 0.444 e. The summed E-state index contributed by atoms with van der Waals surface area (Å²) in [5.41, 5.74) is 4.55. The molecule has 7 nitrogen and oxygen atoms in total. The van der Waals surface area contributed by atoms with Gasteiger partial charge in [0.2, 0.25) is 5.91 Å². The lowest BCUT2D eigenvalue weighted by molar-refractivity contribution is -0.141. The van der Waals surface area contributed by atoms with Gasteiger partial charge >= 0.3 is 6.09 Å². The van der Waals surface area contributed by atoms with Gasteiger partial charge in [-0.05, 0) is 82.7 Å². The minimum atomic E-state index is -0.924. The van der Waals surface area contributed by atoms with Crippen LogP contribution in [0.4, 0.5) is 10.5 Å². The minimum absolute atomic E-state index is 0.116. The molecule has 1 fully saturated rings. The van der Waals surface area contributed by atoms with Gasteiger partial charge in [-0.15, -0.1) is 0 Å². The van der Waals surface area contributed by atoms with Crippen LogP contribution in [-0.4, -0.2) is 40.5 Å². The van der Waals surface area contributed by atoms with Gasteiger partial charge in [-0.2, -0.15) is 0 Å². The summed E-state index contributed by atoms with van der Waals surface area (Å²) in [6, 6.07) is 21.1. The molecule has 0 aliphatic heterocycles. The lowest BCUT2D eigenvalue weighted by Gasteiger charge is -2.35. The number of hydrogen-bond acceptors (Lipinski definition) is 4. The fourth-order valence-corrected chi connectivity index (χ4v) is 5.01. The van der Waals surface area contributed by atoms with E-state index in [1.807, 2.05) is 93.6 Å². The second kappa shape index (κ2) is 12.6. The van der Waals surface area contributed by atoms with Gasteiger partial charge < -0.3 is 20.3 Å². The van der Waals surface area contributed by atoms with Crippen molar-refractivity contribution >= 4 is 23.6 Å². The zero-order valence-corrected chi connectivity index (χ0v) is 24.9. The molecule has 3 aromatic rings. The fraction of sp³-hybridized carbons (Fsp3) is 0.382. The number of nitrogens with zero attached hydrogens (tertiary/aromatic N) is 1.